The van der Waals surface area contributed by atoms with E-state index in [0.717, 1.165) is 12.4 Å². The molecule has 0 aliphatic rings. The molecule has 2 aromatic heterocycles. The van der Waals surface area contributed by atoms with Crippen LogP contribution in [0.4, 0.5) is 18.9 Å². The summed E-state index contributed by atoms with van der Waals surface area (Å²) in [6.07, 6.45) is -3.63. The average molecular weight is 372 g/mol. The van der Waals surface area contributed by atoms with Gasteiger partial charge in [0.05, 0.1) is 23.1 Å². The van der Waals surface area contributed by atoms with Gasteiger partial charge in [-0.3, -0.25) is 9.59 Å². The van der Waals surface area contributed by atoms with Crippen LogP contribution < -0.4 is 10.9 Å². The Kier molecular flexibility index (Phi) is 4.03. The number of rotatable bonds is 2. The Bertz CT molecular complexity index is 1040. The Labute approximate surface area is 142 Å². The molecular formula is C15H9ClF3N3O3. The van der Waals surface area contributed by atoms with Crippen molar-refractivity contribution in [3.63, 3.8) is 0 Å². The fourth-order valence-electron chi connectivity index (χ4n) is 2.37. The lowest BCUT2D eigenvalue weighted by Gasteiger charge is -2.14. The summed E-state index contributed by atoms with van der Waals surface area (Å²) < 4.78 is 44.6. The molecule has 0 fully saturated rings. The van der Waals surface area contributed by atoms with Crippen LogP contribution in [0.25, 0.3) is 11.1 Å². The van der Waals surface area contributed by atoms with Crippen LogP contribution in [0.5, 0.6) is 0 Å². The third-order valence-corrected chi connectivity index (χ3v) is 3.67. The van der Waals surface area contributed by atoms with Crippen LogP contribution in [0.3, 0.4) is 0 Å². The van der Waals surface area contributed by atoms with Gasteiger partial charge < -0.3 is 14.7 Å². The second-order valence-electron chi connectivity index (χ2n) is 5.09. The van der Waals surface area contributed by atoms with Crippen LogP contribution in [-0.2, 0) is 6.18 Å². The number of halogens is 4. The van der Waals surface area contributed by atoms with Crippen molar-refractivity contribution in [2.75, 3.05) is 5.32 Å². The van der Waals surface area contributed by atoms with E-state index in [1.165, 1.54) is 13.0 Å². The second kappa shape index (κ2) is 5.92. The molecule has 0 unspecified atom stereocenters. The number of furan rings is 1. The fourth-order valence-corrected chi connectivity index (χ4v) is 2.54. The van der Waals surface area contributed by atoms with Gasteiger partial charge in [0.15, 0.2) is 0 Å². The van der Waals surface area contributed by atoms with E-state index in [1.54, 1.807) is 0 Å². The summed E-state index contributed by atoms with van der Waals surface area (Å²) in [4.78, 5) is 30.4. The van der Waals surface area contributed by atoms with Gasteiger partial charge >= 0.3 is 6.18 Å². The third kappa shape index (κ3) is 3.10. The molecule has 1 amide bonds. The number of fused-ring (bicyclic) bond motifs is 1. The topological polar surface area (TPSA) is 88.0 Å². The van der Waals surface area contributed by atoms with Crippen LogP contribution in [-0.4, -0.2) is 15.9 Å². The first-order valence-corrected chi connectivity index (χ1v) is 7.21. The van der Waals surface area contributed by atoms with Gasteiger partial charge in [0.2, 0.25) is 5.71 Å². The van der Waals surface area contributed by atoms with E-state index in [4.69, 9.17) is 16.0 Å². The molecule has 3 aromatic rings. The van der Waals surface area contributed by atoms with Gasteiger partial charge in [0.1, 0.15) is 11.1 Å². The van der Waals surface area contributed by atoms with E-state index in [2.05, 4.69) is 15.3 Å². The lowest BCUT2D eigenvalue weighted by molar-refractivity contribution is -0.136. The molecular weight excluding hydrogens is 363 g/mol. The number of amides is 1. The smallest absolute Gasteiger partial charge is 0.418 e. The minimum Gasteiger partial charge on any atom is -0.442 e. The lowest BCUT2D eigenvalue weighted by atomic mass is 10.1. The number of aryl methyl sites for hydroxylation is 1. The molecule has 10 heteroatoms. The molecule has 0 spiro atoms. The van der Waals surface area contributed by atoms with Crippen molar-refractivity contribution in [2.24, 2.45) is 0 Å². The molecule has 0 aliphatic heterocycles. The first-order chi connectivity index (χ1) is 11.7. The number of nitrogens with one attached hydrogen (secondary N) is 2. The van der Waals surface area contributed by atoms with E-state index in [9.17, 15) is 22.8 Å². The Morgan fingerprint density at radius 3 is 2.76 bits per heavy atom. The number of aromatic amines is 1. The van der Waals surface area contributed by atoms with E-state index in [-0.39, 0.29) is 27.4 Å². The Hall–Kier alpha value is -2.81. The maximum atomic E-state index is 13.1. The number of H-pyrrole nitrogens is 1. The highest BCUT2D eigenvalue weighted by Crippen LogP contribution is 2.37. The predicted octanol–water partition coefficient (Wildman–Crippen LogP) is 3.75. The quantitative estimate of drug-likeness (QED) is 0.718. The zero-order valence-corrected chi connectivity index (χ0v) is 13.2. The Balaban J connectivity index is 2.08. The van der Waals surface area contributed by atoms with Gasteiger partial charge in [0.25, 0.3) is 11.5 Å². The lowest BCUT2D eigenvalue weighted by Crippen LogP contribution is -2.19. The number of nitrogens with zero attached hydrogens (tertiary/aromatic N) is 1. The zero-order chi connectivity index (χ0) is 18.4. The van der Waals surface area contributed by atoms with E-state index < -0.39 is 28.9 Å². The highest BCUT2D eigenvalue weighted by atomic mass is 35.5. The van der Waals surface area contributed by atoms with Crippen molar-refractivity contribution in [2.45, 2.75) is 13.1 Å². The Morgan fingerprint density at radius 1 is 1.36 bits per heavy atom. The van der Waals surface area contributed by atoms with Gasteiger partial charge in [-0.1, -0.05) is 11.6 Å². The number of carbonyl (C=O) groups is 1. The summed E-state index contributed by atoms with van der Waals surface area (Å²) in [6.45, 7) is 1.41. The molecule has 1 aromatic carbocycles. The summed E-state index contributed by atoms with van der Waals surface area (Å²) in [6, 6.07) is 2.94. The van der Waals surface area contributed by atoms with E-state index >= 15 is 0 Å². The second-order valence-corrected chi connectivity index (χ2v) is 5.52. The number of alkyl halides is 3. The number of anilines is 1. The normalized spacial score (nSPS) is 11.7. The van der Waals surface area contributed by atoms with E-state index in [0.29, 0.717) is 6.07 Å². The third-order valence-electron chi connectivity index (χ3n) is 3.43. The van der Waals surface area contributed by atoms with Crippen molar-refractivity contribution in [1.82, 2.24) is 9.97 Å². The highest BCUT2D eigenvalue weighted by Gasteiger charge is 2.34. The van der Waals surface area contributed by atoms with E-state index in [1.807, 2.05) is 0 Å². The number of carbonyl (C=O) groups excluding carboxylic acids is 1. The van der Waals surface area contributed by atoms with Crippen LogP contribution in [0.1, 0.15) is 21.7 Å². The summed E-state index contributed by atoms with van der Waals surface area (Å²) >= 11 is 5.60. The molecule has 2 heterocycles. The number of hydrogen-bond acceptors (Lipinski definition) is 4. The molecule has 0 bridgehead atoms. The monoisotopic (exact) mass is 371 g/mol. The van der Waals surface area contributed by atoms with Crippen LogP contribution in [0.2, 0.25) is 5.02 Å². The summed E-state index contributed by atoms with van der Waals surface area (Å²) in [5, 5.41) is 1.88. The van der Waals surface area contributed by atoms with Gasteiger partial charge in [0, 0.05) is 5.02 Å². The van der Waals surface area contributed by atoms with Crippen LogP contribution in [0, 0.1) is 6.92 Å². The number of hydrogen-bond donors (Lipinski definition) is 2. The number of benzene rings is 1. The zero-order valence-electron chi connectivity index (χ0n) is 12.5. The minimum absolute atomic E-state index is 0.0548. The van der Waals surface area contributed by atoms with Gasteiger partial charge in [-0.05, 0) is 25.1 Å². The fraction of sp³-hybridized carbons (Fsp3) is 0.133. The molecule has 130 valence electrons. The molecule has 2 N–H and O–H groups in total. The first kappa shape index (κ1) is 17.0. The van der Waals surface area contributed by atoms with Crippen molar-refractivity contribution >= 4 is 34.3 Å². The maximum absolute atomic E-state index is 13.1. The molecule has 0 saturated carbocycles. The SMILES string of the molecule is Cc1oc2nc[nH]c(=O)c2c1C(=O)Nc1ccc(Cl)cc1C(F)(F)F. The molecule has 6 nitrogen and oxygen atoms in total. The summed E-state index contributed by atoms with van der Waals surface area (Å²) in [5.41, 5.74) is -2.51. The van der Waals surface area contributed by atoms with Crippen molar-refractivity contribution in [3.05, 3.63) is 56.8 Å². The molecule has 25 heavy (non-hydrogen) atoms. The van der Waals surface area contributed by atoms with Crippen LogP contribution in [0.15, 0.2) is 33.7 Å². The van der Waals surface area contributed by atoms with Gasteiger partial charge in [-0.2, -0.15) is 13.2 Å². The highest BCUT2D eigenvalue weighted by molar-refractivity contribution is 6.30. The van der Waals surface area contributed by atoms with Crippen molar-refractivity contribution in [3.8, 4) is 0 Å². The molecule has 0 radical (unpaired) electrons. The standard InChI is InChI=1S/C15H9ClF3N3O3/c1-6-10(11-12(23)20-5-21-14(11)25-6)13(24)22-9-3-2-7(16)4-8(9)15(17,18)19/h2-5H,1H3,(H,22,24)(H,20,21,23). The van der Waals surface area contributed by atoms with Crippen molar-refractivity contribution in [1.29, 1.82) is 0 Å². The minimum atomic E-state index is -4.72. The maximum Gasteiger partial charge on any atom is 0.418 e. The summed E-state index contributed by atoms with van der Waals surface area (Å²) in [5.74, 6) is -0.873. The average Bonchev–Trinajstić information content (AvgIpc) is 2.85. The summed E-state index contributed by atoms with van der Waals surface area (Å²) in [7, 11) is 0. The molecule has 0 aliphatic carbocycles. The molecule has 0 atom stereocenters. The molecule has 3 rings (SSSR count). The first-order valence-electron chi connectivity index (χ1n) is 6.83. The Morgan fingerprint density at radius 2 is 2.08 bits per heavy atom. The van der Waals surface area contributed by atoms with Crippen molar-refractivity contribution < 1.29 is 22.4 Å². The molecule has 0 saturated heterocycles. The van der Waals surface area contributed by atoms with Gasteiger partial charge in [-0.15, -0.1) is 0 Å². The predicted molar refractivity (Wildman–Crippen MR) is 83.8 cm³/mol. The largest absolute Gasteiger partial charge is 0.442 e. The van der Waals surface area contributed by atoms with Gasteiger partial charge in [-0.25, -0.2) is 4.98 Å². The van der Waals surface area contributed by atoms with Crippen LogP contribution >= 0.6 is 11.6 Å². The number of aromatic nitrogens is 2.